The molecule has 1 saturated carbocycles. The first-order chi connectivity index (χ1) is 19.7. The lowest BCUT2D eigenvalue weighted by atomic mass is 9.88. The SMILES string of the molecule is Cc1ccc(OCCC=C(OC2CCCCO2)[C@@H]2[C@H](CC=O)[C@H](O[SiH](C)C(C)(C)C)C[C@@H]2OC2CCCCO2)cc1. The van der Waals surface area contributed by atoms with Crippen LogP contribution in [0.25, 0.3) is 0 Å². The summed E-state index contributed by atoms with van der Waals surface area (Å²) in [4.78, 5) is 12.1. The molecule has 230 valence electrons. The molecule has 7 atom stereocenters. The summed E-state index contributed by atoms with van der Waals surface area (Å²) >= 11 is 0. The van der Waals surface area contributed by atoms with E-state index in [1.165, 1.54) is 5.56 Å². The van der Waals surface area contributed by atoms with E-state index in [-0.39, 0.29) is 41.7 Å². The van der Waals surface area contributed by atoms with E-state index in [2.05, 4.69) is 52.5 Å². The van der Waals surface area contributed by atoms with Crippen molar-refractivity contribution in [2.24, 2.45) is 11.8 Å². The zero-order valence-corrected chi connectivity index (χ0v) is 27.0. The van der Waals surface area contributed by atoms with Crippen LogP contribution in [0.4, 0.5) is 0 Å². The van der Waals surface area contributed by atoms with Crippen LogP contribution in [0.1, 0.15) is 84.1 Å². The maximum atomic E-state index is 12.1. The van der Waals surface area contributed by atoms with E-state index in [1.807, 2.05) is 12.1 Å². The standard InChI is InChI=1S/C33H52O7Si/c1-24-14-16-25(17-15-24)35-22-10-11-27(38-30-12-6-8-20-36-30)32-26(18-19-34)28(40-41(5)33(2,3)4)23-29(32)39-31-13-7-9-21-37-31/h11,14-17,19,26,28-32,41H,6-10,12-13,18,20-23H2,1-5H3/t26-,28-,29+,30?,31?,32+,41?/m1/s1. The number of aldehydes is 1. The second-order valence-electron chi connectivity index (χ2n) is 13.0. The number of aryl methyl sites for hydroxylation is 1. The number of carbonyl (C=O) groups excluding carboxylic acids is 1. The Bertz CT molecular complexity index is 947. The quantitative estimate of drug-likeness (QED) is 0.108. The Morgan fingerprint density at radius 3 is 2.29 bits per heavy atom. The maximum Gasteiger partial charge on any atom is 0.199 e. The van der Waals surface area contributed by atoms with Gasteiger partial charge in [-0.05, 0) is 75.2 Å². The fourth-order valence-corrected chi connectivity index (χ4v) is 7.11. The average Bonchev–Trinajstić information content (AvgIpc) is 3.28. The summed E-state index contributed by atoms with van der Waals surface area (Å²) in [6, 6.07) is 8.11. The lowest BCUT2D eigenvalue weighted by molar-refractivity contribution is -0.201. The van der Waals surface area contributed by atoms with Crippen LogP contribution in [0.2, 0.25) is 11.6 Å². The van der Waals surface area contributed by atoms with Crippen LogP contribution >= 0.6 is 0 Å². The highest BCUT2D eigenvalue weighted by Gasteiger charge is 2.49. The van der Waals surface area contributed by atoms with Gasteiger partial charge in [-0.3, -0.25) is 0 Å². The Balaban J connectivity index is 1.58. The summed E-state index contributed by atoms with van der Waals surface area (Å²) in [5.41, 5.74) is 1.21. The molecule has 0 N–H and O–H groups in total. The summed E-state index contributed by atoms with van der Waals surface area (Å²) in [6.45, 7) is 13.0. The van der Waals surface area contributed by atoms with Gasteiger partial charge in [-0.1, -0.05) is 38.5 Å². The Kier molecular flexibility index (Phi) is 12.3. The maximum absolute atomic E-state index is 12.1. The molecule has 3 fully saturated rings. The minimum Gasteiger partial charge on any atom is -0.493 e. The van der Waals surface area contributed by atoms with Crippen LogP contribution in [-0.4, -0.2) is 59.9 Å². The minimum atomic E-state index is -1.55. The van der Waals surface area contributed by atoms with Gasteiger partial charge >= 0.3 is 0 Å². The van der Waals surface area contributed by atoms with Crippen LogP contribution < -0.4 is 4.74 Å². The van der Waals surface area contributed by atoms with Crippen LogP contribution in [0.15, 0.2) is 36.1 Å². The molecule has 2 heterocycles. The van der Waals surface area contributed by atoms with E-state index in [4.69, 9.17) is 28.1 Å². The molecule has 1 aromatic rings. The molecule has 0 radical (unpaired) electrons. The van der Waals surface area contributed by atoms with Gasteiger partial charge in [0.2, 0.25) is 0 Å². The molecule has 0 bridgehead atoms. The first-order valence-corrected chi connectivity index (χ1v) is 18.0. The van der Waals surface area contributed by atoms with Crippen molar-refractivity contribution >= 4 is 15.3 Å². The monoisotopic (exact) mass is 588 g/mol. The van der Waals surface area contributed by atoms with Gasteiger partial charge < -0.3 is 32.9 Å². The predicted molar refractivity (Wildman–Crippen MR) is 162 cm³/mol. The fourth-order valence-electron chi connectivity index (χ4n) is 5.87. The molecule has 1 aromatic carbocycles. The highest BCUT2D eigenvalue weighted by atomic mass is 28.3. The Hall–Kier alpha value is -1.71. The largest absolute Gasteiger partial charge is 0.493 e. The molecule has 2 aliphatic heterocycles. The zero-order valence-electron chi connectivity index (χ0n) is 25.8. The van der Waals surface area contributed by atoms with Gasteiger partial charge in [0.25, 0.3) is 0 Å². The number of hydrogen-bond donors (Lipinski definition) is 0. The number of rotatable bonds is 13. The van der Waals surface area contributed by atoms with Crippen LogP contribution in [0.5, 0.6) is 5.75 Å². The van der Waals surface area contributed by atoms with Gasteiger partial charge in [0, 0.05) is 37.7 Å². The van der Waals surface area contributed by atoms with Crippen LogP contribution in [0, 0.1) is 18.8 Å². The highest BCUT2D eigenvalue weighted by Crippen LogP contribution is 2.46. The molecular formula is C33H52O7Si. The van der Waals surface area contributed by atoms with E-state index in [9.17, 15) is 4.79 Å². The highest BCUT2D eigenvalue weighted by molar-refractivity contribution is 6.53. The van der Waals surface area contributed by atoms with Crippen molar-refractivity contribution in [3.63, 3.8) is 0 Å². The molecule has 4 rings (SSSR count). The molecule has 3 unspecified atom stereocenters. The van der Waals surface area contributed by atoms with E-state index in [1.54, 1.807) is 0 Å². The topological polar surface area (TPSA) is 72.5 Å². The summed E-state index contributed by atoms with van der Waals surface area (Å²) < 4.78 is 38.3. The Labute approximate surface area is 249 Å². The Morgan fingerprint density at radius 2 is 1.68 bits per heavy atom. The van der Waals surface area contributed by atoms with E-state index < -0.39 is 9.04 Å². The molecular weight excluding hydrogens is 536 g/mol. The predicted octanol–water partition coefficient (Wildman–Crippen LogP) is 6.87. The summed E-state index contributed by atoms with van der Waals surface area (Å²) in [5, 5.41) is 0.116. The van der Waals surface area contributed by atoms with E-state index in [0.29, 0.717) is 26.1 Å². The normalized spacial score (nSPS) is 30.1. The summed E-state index contributed by atoms with van der Waals surface area (Å²) in [7, 11) is -1.55. The van der Waals surface area contributed by atoms with E-state index >= 15 is 0 Å². The van der Waals surface area contributed by atoms with Crippen LogP contribution in [-0.2, 0) is 28.2 Å². The molecule has 3 aliphatic rings. The number of ether oxygens (including phenoxy) is 5. The minimum absolute atomic E-state index is 0.0359. The van der Waals surface area contributed by atoms with Gasteiger partial charge in [0.15, 0.2) is 21.6 Å². The van der Waals surface area contributed by atoms with Gasteiger partial charge in [0.1, 0.15) is 17.8 Å². The average molecular weight is 589 g/mol. The van der Waals surface area contributed by atoms with Crippen molar-refractivity contribution in [3.8, 4) is 5.75 Å². The van der Waals surface area contributed by atoms with Gasteiger partial charge in [0.05, 0.1) is 25.4 Å². The number of hydrogen-bond acceptors (Lipinski definition) is 7. The second kappa shape index (κ2) is 15.7. The van der Waals surface area contributed by atoms with Crippen molar-refractivity contribution in [3.05, 3.63) is 41.7 Å². The lowest BCUT2D eigenvalue weighted by Crippen LogP contribution is -2.36. The first kappa shape index (κ1) is 32.2. The molecule has 2 saturated heterocycles. The van der Waals surface area contributed by atoms with Crippen molar-refractivity contribution < 1.29 is 32.9 Å². The van der Waals surface area contributed by atoms with E-state index in [0.717, 1.165) is 69.3 Å². The second-order valence-corrected chi connectivity index (χ2v) is 16.2. The van der Waals surface area contributed by atoms with Crippen molar-refractivity contribution in [2.75, 3.05) is 19.8 Å². The van der Waals surface area contributed by atoms with Crippen molar-refractivity contribution in [1.82, 2.24) is 0 Å². The molecule has 0 spiro atoms. The van der Waals surface area contributed by atoms with Crippen LogP contribution in [0.3, 0.4) is 0 Å². The van der Waals surface area contributed by atoms with Gasteiger partial charge in [-0.15, -0.1) is 0 Å². The van der Waals surface area contributed by atoms with Gasteiger partial charge in [-0.25, -0.2) is 0 Å². The van der Waals surface area contributed by atoms with Crippen molar-refractivity contribution in [1.29, 1.82) is 0 Å². The fraction of sp³-hybridized carbons (Fsp3) is 0.727. The first-order valence-electron chi connectivity index (χ1n) is 15.8. The third-order valence-electron chi connectivity index (χ3n) is 8.72. The lowest BCUT2D eigenvalue weighted by Gasteiger charge is -2.34. The molecule has 8 heteroatoms. The molecule has 7 nitrogen and oxygen atoms in total. The summed E-state index contributed by atoms with van der Waals surface area (Å²) in [5.74, 6) is 1.54. The molecule has 1 aliphatic carbocycles. The van der Waals surface area contributed by atoms with Gasteiger partial charge in [-0.2, -0.15) is 0 Å². The van der Waals surface area contributed by atoms with Crippen molar-refractivity contribution in [2.45, 2.75) is 122 Å². The third kappa shape index (κ3) is 9.65. The molecule has 0 aromatic heterocycles. The zero-order chi connectivity index (χ0) is 29.2. The molecule has 41 heavy (non-hydrogen) atoms. The summed E-state index contributed by atoms with van der Waals surface area (Å²) in [6.07, 6.45) is 10.2. The Morgan fingerprint density at radius 1 is 1.00 bits per heavy atom. The third-order valence-corrected chi connectivity index (χ3v) is 11.9. The smallest absolute Gasteiger partial charge is 0.199 e. The molecule has 0 amide bonds. The number of benzene rings is 1. The number of carbonyl (C=O) groups is 1.